The first-order valence-electron chi connectivity index (χ1n) is 7.13. The standard InChI is InChI=1S/C15H21N3O2/c1-2-14(19)17-11-6-8-12(9-7-11)18-15(20)13-5-3-4-10-16-13/h6-9,13,16H,2-5,10H2,1H3,(H,17,19)(H,18,20)/t13-/m1/s1. The number of benzene rings is 1. The van der Waals surface area contributed by atoms with Crippen LogP contribution in [-0.4, -0.2) is 24.4 Å². The van der Waals surface area contributed by atoms with E-state index in [1.54, 1.807) is 31.2 Å². The highest BCUT2D eigenvalue weighted by Crippen LogP contribution is 2.15. The zero-order chi connectivity index (χ0) is 14.4. The van der Waals surface area contributed by atoms with Crippen molar-refractivity contribution in [1.29, 1.82) is 0 Å². The second kappa shape index (κ2) is 7.05. The van der Waals surface area contributed by atoms with Gasteiger partial charge in [-0.15, -0.1) is 0 Å². The molecule has 0 aliphatic carbocycles. The second-order valence-electron chi connectivity index (χ2n) is 4.97. The smallest absolute Gasteiger partial charge is 0.241 e. The highest BCUT2D eigenvalue weighted by Gasteiger charge is 2.20. The Kier molecular flexibility index (Phi) is 5.12. The van der Waals surface area contributed by atoms with Crippen LogP contribution < -0.4 is 16.0 Å². The Morgan fingerprint density at radius 3 is 2.35 bits per heavy atom. The van der Waals surface area contributed by atoms with Gasteiger partial charge >= 0.3 is 0 Å². The number of hydrogen-bond donors (Lipinski definition) is 3. The number of nitrogens with one attached hydrogen (secondary N) is 3. The summed E-state index contributed by atoms with van der Waals surface area (Å²) in [5.74, 6) is -0.0109. The van der Waals surface area contributed by atoms with E-state index >= 15 is 0 Å². The van der Waals surface area contributed by atoms with Crippen LogP contribution in [0.25, 0.3) is 0 Å². The third-order valence-corrected chi connectivity index (χ3v) is 3.38. The molecule has 0 radical (unpaired) electrons. The van der Waals surface area contributed by atoms with Crippen LogP contribution in [0.1, 0.15) is 32.6 Å². The minimum absolute atomic E-state index is 0.00930. The van der Waals surface area contributed by atoms with Crippen LogP contribution in [-0.2, 0) is 9.59 Å². The average molecular weight is 275 g/mol. The molecule has 20 heavy (non-hydrogen) atoms. The Morgan fingerprint density at radius 2 is 1.80 bits per heavy atom. The molecule has 1 aromatic carbocycles. The molecular formula is C15H21N3O2. The summed E-state index contributed by atoms with van der Waals surface area (Å²) in [4.78, 5) is 23.3. The van der Waals surface area contributed by atoms with Crippen molar-refractivity contribution in [2.24, 2.45) is 0 Å². The Labute approximate surface area is 119 Å². The summed E-state index contributed by atoms with van der Waals surface area (Å²) < 4.78 is 0. The van der Waals surface area contributed by atoms with Crippen molar-refractivity contribution in [3.63, 3.8) is 0 Å². The fraction of sp³-hybridized carbons (Fsp3) is 0.467. The lowest BCUT2D eigenvalue weighted by molar-refractivity contribution is -0.118. The van der Waals surface area contributed by atoms with Crippen LogP contribution >= 0.6 is 0 Å². The number of piperidine rings is 1. The molecule has 1 aliphatic rings. The zero-order valence-electron chi connectivity index (χ0n) is 11.7. The maximum atomic E-state index is 12.0. The molecule has 0 spiro atoms. The predicted molar refractivity (Wildman–Crippen MR) is 79.6 cm³/mol. The largest absolute Gasteiger partial charge is 0.326 e. The van der Waals surface area contributed by atoms with Crippen molar-refractivity contribution in [2.75, 3.05) is 17.2 Å². The van der Waals surface area contributed by atoms with Crippen molar-refractivity contribution in [2.45, 2.75) is 38.6 Å². The molecule has 3 N–H and O–H groups in total. The number of anilines is 2. The van der Waals surface area contributed by atoms with Gasteiger partial charge in [0.25, 0.3) is 0 Å². The van der Waals surface area contributed by atoms with Gasteiger partial charge in [-0.05, 0) is 43.7 Å². The van der Waals surface area contributed by atoms with Crippen molar-refractivity contribution in [3.8, 4) is 0 Å². The van der Waals surface area contributed by atoms with E-state index in [9.17, 15) is 9.59 Å². The van der Waals surface area contributed by atoms with Crippen LogP contribution in [0.3, 0.4) is 0 Å². The predicted octanol–water partition coefficient (Wildman–Crippen LogP) is 2.12. The highest BCUT2D eigenvalue weighted by molar-refractivity contribution is 5.95. The number of amides is 2. The fourth-order valence-electron chi connectivity index (χ4n) is 2.19. The molecule has 1 aromatic rings. The van der Waals surface area contributed by atoms with Gasteiger partial charge < -0.3 is 16.0 Å². The van der Waals surface area contributed by atoms with Crippen molar-refractivity contribution < 1.29 is 9.59 Å². The highest BCUT2D eigenvalue weighted by atomic mass is 16.2. The Balaban J connectivity index is 1.89. The number of carbonyl (C=O) groups is 2. The lowest BCUT2D eigenvalue weighted by atomic mass is 10.0. The van der Waals surface area contributed by atoms with Crippen molar-refractivity contribution in [3.05, 3.63) is 24.3 Å². The van der Waals surface area contributed by atoms with Crippen LogP contribution in [0, 0.1) is 0 Å². The summed E-state index contributed by atoms with van der Waals surface area (Å²) in [7, 11) is 0. The monoisotopic (exact) mass is 275 g/mol. The van der Waals surface area contributed by atoms with Crippen molar-refractivity contribution >= 4 is 23.2 Å². The quantitative estimate of drug-likeness (QED) is 0.788. The molecule has 2 rings (SSSR count). The summed E-state index contributed by atoms with van der Waals surface area (Å²) in [6.07, 6.45) is 3.56. The van der Waals surface area contributed by atoms with Crippen LogP contribution in [0.2, 0.25) is 0 Å². The first-order valence-corrected chi connectivity index (χ1v) is 7.13. The third kappa shape index (κ3) is 4.06. The molecule has 108 valence electrons. The first-order chi connectivity index (χ1) is 9.69. The van der Waals surface area contributed by atoms with E-state index in [0.29, 0.717) is 6.42 Å². The molecule has 1 heterocycles. The molecular weight excluding hydrogens is 254 g/mol. The lowest BCUT2D eigenvalue weighted by Gasteiger charge is -2.22. The summed E-state index contributed by atoms with van der Waals surface area (Å²) in [6.45, 7) is 2.71. The molecule has 5 nitrogen and oxygen atoms in total. The molecule has 1 aliphatic heterocycles. The second-order valence-corrected chi connectivity index (χ2v) is 4.97. The van der Waals surface area contributed by atoms with E-state index < -0.39 is 0 Å². The van der Waals surface area contributed by atoms with Gasteiger partial charge in [-0.3, -0.25) is 9.59 Å². The molecule has 0 bridgehead atoms. The van der Waals surface area contributed by atoms with E-state index in [1.807, 2.05) is 0 Å². The van der Waals surface area contributed by atoms with E-state index in [0.717, 1.165) is 37.2 Å². The molecule has 1 fully saturated rings. The van der Waals surface area contributed by atoms with Crippen LogP contribution in [0.5, 0.6) is 0 Å². The fourth-order valence-corrected chi connectivity index (χ4v) is 2.19. The number of carbonyl (C=O) groups excluding carboxylic acids is 2. The topological polar surface area (TPSA) is 70.2 Å². The summed E-state index contributed by atoms with van der Waals surface area (Å²) in [5.41, 5.74) is 1.49. The van der Waals surface area contributed by atoms with Gasteiger partial charge in [0.1, 0.15) is 0 Å². The molecule has 0 saturated carbocycles. The minimum Gasteiger partial charge on any atom is -0.326 e. The van der Waals surface area contributed by atoms with Gasteiger partial charge in [-0.2, -0.15) is 0 Å². The van der Waals surface area contributed by atoms with E-state index in [2.05, 4.69) is 16.0 Å². The van der Waals surface area contributed by atoms with Crippen LogP contribution in [0.4, 0.5) is 11.4 Å². The number of hydrogen-bond acceptors (Lipinski definition) is 3. The first kappa shape index (κ1) is 14.5. The SMILES string of the molecule is CCC(=O)Nc1ccc(NC(=O)[C@H]2CCCCN2)cc1. The Bertz CT molecular complexity index is 465. The van der Waals surface area contributed by atoms with Crippen molar-refractivity contribution in [1.82, 2.24) is 5.32 Å². The maximum Gasteiger partial charge on any atom is 0.241 e. The Hall–Kier alpha value is -1.88. The van der Waals surface area contributed by atoms with Gasteiger partial charge in [0.15, 0.2) is 0 Å². The van der Waals surface area contributed by atoms with Gasteiger partial charge in [0, 0.05) is 17.8 Å². The molecule has 5 heteroatoms. The van der Waals surface area contributed by atoms with E-state index in [1.165, 1.54) is 0 Å². The molecule has 1 saturated heterocycles. The number of rotatable bonds is 4. The normalized spacial score (nSPS) is 18.4. The van der Waals surface area contributed by atoms with Gasteiger partial charge in [-0.1, -0.05) is 13.3 Å². The molecule has 0 unspecified atom stereocenters. The van der Waals surface area contributed by atoms with E-state index in [4.69, 9.17) is 0 Å². The molecule has 2 amide bonds. The maximum absolute atomic E-state index is 12.0. The van der Waals surface area contributed by atoms with Gasteiger partial charge in [0.2, 0.25) is 11.8 Å². The van der Waals surface area contributed by atoms with Gasteiger partial charge in [-0.25, -0.2) is 0 Å². The summed E-state index contributed by atoms with van der Waals surface area (Å²) in [6, 6.07) is 7.08. The molecule has 1 atom stereocenters. The summed E-state index contributed by atoms with van der Waals surface area (Å²) >= 11 is 0. The lowest BCUT2D eigenvalue weighted by Crippen LogP contribution is -2.43. The zero-order valence-corrected chi connectivity index (χ0v) is 11.7. The molecule has 0 aromatic heterocycles. The third-order valence-electron chi connectivity index (χ3n) is 3.38. The average Bonchev–Trinajstić information content (AvgIpc) is 2.50. The minimum atomic E-state index is -0.0942. The van der Waals surface area contributed by atoms with Crippen LogP contribution in [0.15, 0.2) is 24.3 Å². The van der Waals surface area contributed by atoms with Gasteiger partial charge in [0.05, 0.1) is 6.04 Å². The summed E-state index contributed by atoms with van der Waals surface area (Å²) in [5, 5.41) is 8.88. The Morgan fingerprint density at radius 1 is 1.15 bits per heavy atom. The van der Waals surface area contributed by atoms with E-state index in [-0.39, 0.29) is 17.9 Å².